The normalized spacial score (nSPS) is 24.9. The number of aliphatic hydroxyl groups excluding tert-OH is 2. The number of hydrogen-bond acceptors (Lipinski definition) is 7. The smallest absolute Gasteiger partial charge is 0.746 e. The van der Waals surface area contributed by atoms with Crippen LogP contribution < -0.4 is 56.3 Å². The number of aliphatic hydroxyl groups is 2. The molecule has 0 bridgehead atoms. The summed E-state index contributed by atoms with van der Waals surface area (Å²) in [6, 6.07) is 0. The molecule has 86 valence electrons. The van der Waals surface area contributed by atoms with Crippen molar-refractivity contribution in [2.24, 2.45) is 0 Å². The molecule has 0 aromatic rings. The summed E-state index contributed by atoms with van der Waals surface area (Å²) in [5, 5.41) is 17.6. The second-order valence-corrected chi connectivity index (χ2v) is 3.83. The summed E-state index contributed by atoms with van der Waals surface area (Å²) in [5.41, 5.74) is 0. The van der Waals surface area contributed by atoms with E-state index in [4.69, 9.17) is 15.1 Å². The molecule has 0 aliphatic carbocycles. The van der Waals surface area contributed by atoms with Gasteiger partial charge in [0, 0.05) is 6.08 Å². The van der Waals surface area contributed by atoms with Gasteiger partial charge in [0.15, 0.2) is 6.10 Å². The predicted molar refractivity (Wildman–Crippen MR) is 42.0 cm³/mol. The van der Waals surface area contributed by atoms with E-state index in [0.29, 0.717) is 0 Å². The van der Waals surface area contributed by atoms with Gasteiger partial charge in [0.25, 0.3) is 0 Å². The van der Waals surface area contributed by atoms with Crippen molar-refractivity contribution in [2.45, 2.75) is 12.2 Å². The maximum Gasteiger partial charge on any atom is 1.00 e. The van der Waals surface area contributed by atoms with Crippen LogP contribution in [0.25, 0.3) is 0 Å². The summed E-state index contributed by atoms with van der Waals surface area (Å²) in [4.78, 5) is 29.5. The Balaban J connectivity index is 0.00000225. The summed E-state index contributed by atoms with van der Waals surface area (Å²) in [7, 11) is -5.08. The molecule has 0 amide bonds. The van der Waals surface area contributed by atoms with Crippen LogP contribution in [0, 0.1) is 0 Å². The number of cyclic esters (lactones) is 1. The molecule has 0 spiro atoms. The fourth-order valence-corrected chi connectivity index (χ4v) is 1.30. The Hall–Kier alpha value is 0.716. The molecule has 1 heterocycles. The average Bonchev–Trinajstić information content (AvgIpc) is 2.44. The Kier molecular flexibility index (Phi) is 6.89. The average molecular weight is 278 g/mol. The van der Waals surface area contributed by atoms with Gasteiger partial charge in [-0.15, -0.1) is 0 Å². The maximum absolute atomic E-state index is 10.9. The standard InChI is InChI=1S/C6H9O8P.K/c7-2-3(8)4-1-5(6(9)13-4)14-15(10,11)12;/h1,3-4,7-8H,2H2,(H2,10,11,12);/q;+1/p-1/t3-,4-;/m0./s1. The zero-order chi connectivity index (χ0) is 11.6. The van der Waals surface area contributed by atoms with Gasteiger partial charge in [-0.3, -0.25) is 4.57 Å². The predicted octanol–water partition coefficient (Wildman–Crippen LogP) is -5.37. The fourth-order valence-electron chi connectivity index (χ4n) is 0.918. The van der Waals surface area contributed by atoms with E-state index in [1.807, 2.05) is 0 Å². The fraction of sp³-hybridized carbons (Fsp3) is 0.500. The minimum absolute atomic E-state index is 0. The molecule has 8 nitrogen and oxygen atoms in total. The van der Waals surface area contributed by atoms with Crippen molar-refractivity contribution in [1.82, 2.24) is 0 Å². The molecule has 3 atom stereocenters. The van der Waals surface area contributed by atoms with Gasteiger partial charge in [0.1, 0.15) is 6.10 Å². The molecular weight excluding hydrogens is 270 g/mol. The van der Waals surface area contributed by atoms with E-state index in [1.165, 1.54) is 0 Å². The van der Waals surface area contributed by atoms with E-state index in [2.05, 4.69) is 9.26 Å². The first-order valence-corrected chi connectivity index (χ1v) is 5.28. The third-order valence-corrected chi connectivity index (χ3v) is 1.97. The largest absolute Gasteiger partial charge is 1.00 e. The van der Waals surface area contributed by atoms with Crippen LogP contribution in [0.5, 0.6) is 0 Å². The van der Waals surface area contributed by atoms with Crippen molar-refractivity contribution in [3.8, 4) is 0 Å². The van der Waals surface area contributed by atoms with E-state index in [-0.39, 0.29) is 51.4 Å². The molecule has 0 aromatic heterocycles. The van der Waals surface area contributed by atoms with Crippen LogP contribution in [0.15, 0.2) is 11.8 Å². The van der Waals surface area contributed by atoms with E-state index >= 15 is 0 Å². The number of carbonyl (C=O) groups is 1. The summed E-state index contributed by atoms with van der Waals surface area (Å²) in [6.45, 7) is -0.671. The number of phosphoric acid groups is 1. The maximum atomic E-state index is 10.9. The van der Waals surface area contributed by atoms with Crippen molar-refractivity contribution in [3.63, 3.8) is 0 Å². The van der Waals surface area contributed by atoms with E-state index < -0.39 is 38.4 Å². The van der Waals surface area contributed by atoms with Crippen LogP contribution in [-0.4, -0.2) is 39.9 Å². The number of esters is 1. The van der Waals surface area contributed by atoms with Gasteiger partial charge in [-0.25, -0.2) is 4.79 Å². The Labute approximate surface area is 133 Å². The van der Waals surface area contributed by atoms with Crippen LogP contribution in [0.2, 0.25) is 0 Å². The number of carbonyl (C=O) groups excluding carboxylic acids is 1. The molecular formula is C6H8KO8P. The number of rotatable bonds is 4. The number of ether oxygens (including phenoxy) is 1. The molecule has 1 aliphatic heterocycles. The second-order valence-electron chi connectivity index (χ2n) is 2.71. The monoisotopic (exact) mass is 278 g/mol. The van der Waals surface area contributed by atoms with Gasteiger partial charge >= 0.3 is 65.2 Å². The SMILES string of the molecule is O=C1O[C@H]([C@@H](O)CO)C=C1OP(=O)([O-])O.[K+]. The molecule has 16 heavy (non-hydrogen) atoms. The Morgan fingerprint density at radius 2 is 2.25 bits per heavy atom. The Morgan fingerprint density at radius 1 is 1.69 bits per heavy atom. The molecule has 0 fully saturated rings. The number of phosphoric ester groups is 1. The first-order chi connectivity index (χ1) is 6.83. The summed E-state index contributed by atoms with van der Waals surface area (Å²) < 4.78 is 18.6. The molecule has 0 aromatic carbocycles. The zero-order valence-corrected chi connectivity index (χ0v) is 12.3. The molecule has 1 rings (SSSR count). The van der Waals surface area contributed by atoms with Crippen molar-refractivity contribution < 1.29 is 90.0 Å². The van der Waals surface area contributed by atoms with Gasteiger partial charge in [-0.1, -0.05) is 0 Å². The quantitative estimate of drug-likeness (QED) is 0.263. The summed E-state index contributed by atoms with van der Waals surface area (Å²) in [6.07, 6.45) is -1.71. The number of hydrogen-bond donors (Lipinski definition) is 3. The summed E-state index contributed by atoms with van der Waals surface area (Å²) in [5.74, 6) is -1.88. The van der Waals surface area contributed by atoms with Crippen molar-refractivity contribution in [1.29, 1.82) is 0 Å². The first-order valence-electron chi connectivity index (χ1n) is 3.78. The molecule has 3 N–H and O–H groups in total. The molecule has 10 heteroatoms. The second kappa shape index (κ2) is 6.60. The Bertz CT molecular complexity index is 335. The van der Waals surface area contributed by atoms with Crippen LogP contribution in [0.1, 0.15) is 0 Å². The van der Waals surface area contributed by atoms with Crippen LogP contribution in [0.3, 0.4) is 0 Å². The summed E-state index contributed by atoms with van der Waals surface area (Å²) >= 11 is 0. The van der Waals surface area contributed by atoms with Crippen molar-refractivity contribution >= 4 is 13.8 Å². The van der Waals surface area contributed by atoms with Gasteiger partial charge in [0.05, 0.1) is 6.61 Å². The molecule has 1 aliphatic rings. The topological polar surface area (TPSA) is 136 Å². The van der Waals surface area contributed by atoms with E-state index in [0.717, 1.165) is 6.08 Å². The third-order valence-electron chi connectivity index (χ3n) is 1.54. The molecule has 0 saturated carbocycles. The first kappa shape index (κ1) is 16.7. The third kappa shape index (κ3) is 4.92. The molecule has 0 saturated heterocycles. The van der Waals surface area contributed by atoms with Crippen molar-refractivity contribution in [3.05, 3.63) is 11.8 Å². The van der Waals surface area contributed by atoms with Crippen LogP contribution >= 0.6 is 7.82 Å². The molecule has 0 radical (unpaired) electrons. The minimum Gasteiger partial charge on any atom is -0.746 e. The van der Waals surface area contributed by atoms with E-state index in [1.54, 1.807) is 0 Å². The van der Waals surface area contributed by atoms with Crippen LogP contribution in [0.4, 0.5) is 0 Å². The van der Waals surface area contributed by atoms with Crippen LogP contribution in [-0.2, 0) is 18.6 Å². The van der Waals surface area contributed by atoms with Gasteiger partial charge in [0.2, 0.25) is 5.76 Å². The molecule has 1 unspecified atom stereocenters. The minimum atomic E-state index is -5.08. The van der Waals surface area contributed by atoms with Gasteiger partial charge in [-0.2, -0.15) is 0 Å². The van der Waals surface area contributed by atoms with Gasteiger partial charge < -0.3 is 29.3 Å². The van der Waals surface area contributed by atoms with E-state index in [9.17, 15) is 14.3 Å². The van der Waals surface area contributed by atoms with Gasteiger partial charge in [-0.05, 0) is 0 Å². The van der Waals surface area contributed by atoms with Crippen molar-refractivity contribution in [2.75, 3.05) is 6.61 Å². The Morgan fingerprint density at radius 3 is 2.69 bits per heavy atom. The zero-order valence-electron chi connectivity index (χ0n) is 8.27.